The van der Waals surface area contributed by atoms with Crippen LogP contribution < -0.4 is 31.9 Å². The van der Waals surface area contributed by atoms with Gasteiger partial charge in [0.25, 0.3) is 0 Å². The van der Waals surface area contributed by atoms with Crippen molar-refractivity contribution in [2.24, 2.45) is 0 Å². The molecule has 336 valence electrons. The Hall–Kier alpha value is -3.24. The van der Waals surface area contributed by atoms with Gasteiger partial charge in [-0.05, 0) is 89.2 Å². The summed E-state index contributed by atoms with van der Waals surface area (Å²) in [4.78, 5) is 38.1. The van der Waals surface area contributed by atoms with Crippen LogP contribution in [-0.2, 0) is 13.1 Å². The first-order valence-corrected chi connectivity index (χ1v) is 18.9. The molecule has 24 nitrogen and oxygen atoms in total. The SMILES string of the molecule is O=[N+]([O-])[O-].O=[N+]([O-])[O-].O=[N+]([O-])[O-].O=[N+]([O-])[O-].[Pb+2].[Pb+2].c1ccc(CN2CCCNCCNCCCNCC2)cc1.c1ccc(CN2CCCNCCNCCCNCC2)cc1. The summed E-state index contributed by atoms with van der Waals surface area (Å²) in [5.41, 5.74) is 2.83. The van der Waals surface area contributed by atoms with Gasteiger partial charge in [-0.15, -0.1) is 0 Å². The molecule has 2 saturated heterocycles. The minimum absolute atomic E-state index is 0. The van der Waals surface area contributed by atoms with Crippen molar-refractivity contribution in [3.05, 3.63) is 133 Å². The van der Waals surface area contributed by atoms with E-state index in [1.165, 1.54) is 36.8 Å². The molecule has 0 bridgehead atoms. The van der Waals surface area contributed by atoms with Gasteiger partial charge in [-0.25, -0.2) is 0 Å². The van der Waals surface area contributed by atoms with Crippen LogP contribution in [0.1, 0.15) is 36.8 Å². The topological polar surface area (TPSA) is 343 Å². The predicted molar refractivity (Wildman–Crippen MR) is 232 cm³/mol. The van der Waals surface area contributed by atoms with Crippen LogP contribution in [0.3, 0.4) is 0 Å². The summed E-state index contributed by atoms with van der Waals surface area (Å²) in [7, 11) is 0. The second kappa shape index (κ2) is 48.4. The van der Waals surface area contributed by atoms with E-state index in [0.29, 0.717) is 0 Å². The van der Waals surface area contributed by atoms with Gasteiger partial charge in [0.1, 0.15) is 0 Å². The van der Waals surface area contributed by atoms with Crippen molar-refractivity contribution in [1.29, 1.82) is 0 Å². The third-order valence-electron chi connectivity index (χ3n) is 7.73. The number of nitrogens with one attached hydrogen (secondary N) is 6. The summed E-state index contributed by atoms with van der Waals surface area (Å²) in [6.07, 6.45) is 4.84. The van der Waals surface area contributed by atoms with Crippen LogP contribution in [0.15, 0.2) is 60.7 Å². The first kappa shape index (κ1) is 63.4. The molecule has 2 aromatic rings. The standard InChI is InChI=1S/2C17H30N4.4NO3.2Pb/c2*1-2-6-17(7-3-1)16-21-14-5-10-19-12-11-18-8-4-9-20-13-15-21;4*2-1(3)4;;/h2*1-3,6-7,18-20H,4-5,8-16H2;;;;;;/q;;4*-1;2*+2. The van der Waals surface area contributed by atoms with E-state index in [1.807, 2.05) is 0 Å². The maximum atomic E-state index is 8.25. The van der Waals surface area contributed by atoms with Gasteiger partial charge in [-0.3, -0.25) is 9.80 Å². The molecule has 2 fully saturated rings. The summed E-state index contributed by atoms with van der Waals surface area (Å²) in [5.74, 6) is 0. The van der Waals surface area contributed by atoms with Gasteiger partial charge in [-0.1, -0.05) is 60.7 Å². The molecule has 2 aromatic carbocycles. The van der Waals surface area contributed by atoms with Crippen molar-refractivity contribution in [1.82, 2.24) is 41.7 Å². The average Bonchev–Trinajstić information content (AvgIpc) is 3.15. The van der Waals surface area contributed by atoms with E-state index in [9.17, 15) is 0 Å². The Morgan fingerprint density at radius 1 is 0.367 bits per heavy atom. The Morgan fingerprint density at radius 3 is 0.867 bits per heavy atom. The molecule has 26 heteroatoms. The summed E-state index contributed by atoms with van der Waals surface area (Å²) in [5, 5.41) is 80.1. The summed E-state index contributed by atoms with van der Waals surface area (Å²) in [6, 6.07) is 21.6. The molecule has 60 heavy (non-hydrogen) atoms. The number of hydrogen-bond donors (Lipinski definition) is 6. The van der Waals surface area contributed by atoms with Crippen LogP contribution in [0.5, 0.6) is 0 Å². The van der Waals surface area contributed by atoms with Gasteiger partial charge >= 0.3 is 54.6 Å². The predicted octanol–water partition coefficient (Wildman–Crippen LogP) is 0.384. The fraction of sp³-hybridized carbons (Fsp3) is 0.647. The molecule has 4 radical (unpaired) electrons. The van der Waals surface area contributed by atoms with E-state index in [2.05, 4.69) is 102 Å². The quantitative estimate of drug-likeness (QED) is 0.137. The Labute approximate surface area is 391 Å². The van der Waals surface area contributed by atoms with Gasteiger partial charge in [0.2, 0.25) is 0 Å². The van der Waals surface area contributed by atoms with Gasteiger partial charge in [0, 0.05) is 65.4 Å². The van der Waals surface area contributed by atoms with Gasteiger partial charge in [-0.2, -0.15) is 0 Å². The fourth-order valence-electron chi connectivity index (χ4n) is 5.33. The van der Waals surface area contributed by atoms with Crippen molar-refractivity contribution < 1.29 is 20.3 Å². The third-order valence-corrected chi connectivity index (χ3v) is 7.73. The number of hydrogen-bond acceptors (Lipinski definition) is 20. The molecule has 0 atom stereocenters. The molecule has 2 heterocycles. The maximum Gasteiger partial charge on any atom is 2.00 e. The van der Waals surface area contributed by atoms with Crippen LogP contribution in [0.2, 0.25) is 0 Å². The normalized spacial score (nSPS) is 16.1. The molecular formula is C34H60N12O12Pb2. The zero-order valence-corrected chi connectivity index (χ0v) is 41.7. The first-order valence-electron chi connectivity index (χ1n) is 18.9. The van der Waals surface area contributed by atoms with E-state index in [1.54, 1.807) is 0 Å². The van der Waals surface area contributed by atoms with Crippen LogP contribution in [0.4, 0.5) is 0 Å². The van der Waals surface area contributed by atoms with Crippen LogP contribution in [-0.4, -0.2) is 189 Å². The molecule has 0 unspecified atom stereocenters. The molecule has 0 aromatic heterocycles. The molecular weight excluding hydrogens is 1180 g/mol. The average molecular weight is 1240 g/mol. The van der Waals surface area contributed by atoms with E-state index in [-0.39, 0.29) is 54.6 Å². The van der Waals surface area contributed by atoms with Crippen LogP contribution >= 0.6 is 0 Å². The Morgan fingerprint density at radius 2 is 0.600 bits per heavy atom. The van der Waals surface area contributed by atoms with Crippen molar-refractivity contribution in [3.63, 3.8) is 0 Å². The molecule has 0 spiro atoms. The monoisotopic (exact) mass is 1240 g/mol. The minimum atomic E-state index is -1.75. The molecule has 0 amide bonds. The Bertz CT molecular complexity index is 1110. The van der Waals surface area contributed by atoms with Gasteiger partial charge in [0.05, 0.1) is 20.3 Å². The zero-order chi connectivity index (χ0) is 43.5. The van der Waals surface area contributed by atoms with E-state index in [0.717, 1.165) is 118 Å². The summed E-state index contributed by atoms with van der Waals surface area (Å²) >= 11 is 0. The van der Waals surface area contributed by atoms with E-state index in [4.69, 9.17) is 61.3 Å². The van der Waals surface area contributed by atoms with Gasteiger partial charge < -0.3 is 93.2 Å². The summed E-state index contributed by atoms with van der Waals surface area (Å²) in [6.45, 7) is 19.8. The molecule has 2 aliphatic rings. The number of rotatable bonds is 4. The number of benzene rings is 2. The smallest absolute Gasteiger partial charge is 0.356 e. The maximum absolute atomic E-state index is 8.25. The molecule has 0 aliphatic carbocycles. The second-order valence-corrected chi connectivity index (χ2v) is 12.3. The first-order chi connectivity index (χ1) is 27.8. The van der Waals surface area contributed by atoms with E-state index >= 15 is 0 Å². The van der Waals surface area contributed by atoms with Crippen molar-refractivity contribution >= 4 is 54.6 Å². The molecule has 2 aliphatic heterocycles. The zero-order valence-electron chi connectivity index (χ0n) is 33.9. The van der Waals surface area contributed by atoms with Crippen LogP contribution in [0.25, 0.3) is 0 Å². The van der Waals surface area contributed by atoms with Gasteiger partial charge in [0.15, 0.2) is 0 Å². The van der Waals surface area contributed by atoms with Crippen molar-refractivity contribution in [3.8, 4) is 0 Å². The van der Waals surface area contributed by atoms with Crippen molar-refractivity contribution in [2.45, 2.75) is 38.8 Å². The van der Waals surface area contributed by atoms with Crippen molar-refractivity contribution in [2.75, 3.05) is 105 Å². The number of nitrogens with zero attached hydrogens (tertiary/aromatic N) is 6. The fourth-order valence-corrected chi connectivity index (χ4v) is 5.33. The largest absolute Gasteiger partial charge is 2.00 e. The molecule has 6 N–H and O–H groups in total. The Kier molecular flexibility index (Phi) is 51.2. The van der Waals surface area contributed by atoms with Crippen LogP contribution in [0, 0.1) is 61.3 Å². The minimum Gasteiger partial charge on any atom is -0.356 e. The summed E-state index contributed by atoms with van der Waals surface area (Å²) < 4.78 is 0. The van der Waals surface area contributed by atoms with E-state index < -0.39 is 20.3 Å². The molecule has 0 saturated carbocycles. The second-order valence-electron chi connectivity index (χ2n) is 12.3. The Balaban J connectivity index is -0.000000376. The molecule has 4 rings (SSSR count). The third kappa shape index (κ3) is 56.9.